The van der Waals surface area contributed by atoms with E-state index in [1.165, 1.54) is 37.0 Å². The van der Waals surface area contributed by atoms with Crippen LogP contribution in [-0.4, -0.2) is 16.5 Å². The molecule has 5 heteroatoms. The molecule has 0 atom stereocenters. The SMILES string of the molecule is CCCCCCSc1nc(N)c(C(=O)c2ccccc2)s1. The fraction of sp³-hybridized carbons (Fsp3) is 0.375. The first kappa shape index (κ1) is 16.0. The second-order valence-corrected chi connectivity index (χ2v) is 7.14. The Balaban J connectivity index is 1.97. The maximum absolute atomic E-state index is 12.4. The number of rotatable bonds is 8. The minimum atomic E-state index is -0.0385. The van der Waals surface area contributed by atoms with Crippen LogP contribution in [0.4, 0.5) is 5.82 Å². The van der Waals surface area contributed by atoms with Gasteiger partial charge >= 0.3 is 0 Å². The van der Waals surface area contributed by atoms with Gasteiger partial charge in [-0.15, -0.1) is 11.3 Å². The number of hydrogen-bond acceptors (Lipinski definition) is 5. The van der Waals surface area contributed by atoms with Crippen LogP contribution in [0.5, 0.6) is 0 Å². The van der Waals surface area contributed by atoms with Crippen LogP contribution in [0.3, 0.4) is 0 Å². The molecule has 0 bridgehead atoms. The van der Waals surface area contributed by atoms with E-state index in [1.54, 1.807) is 23.9 Å². The van der Waals surface area contributed by atoms with E-state index in [9.17, 15) is 4.79 Å². The highest BCUT2D eigenvalue weighted by Gasteiger charge is 2.17. The Bertz CT molecular complexity index is 581. The number of carbonyl (C=O) groups excluding carboxylic acids is 1. The molecule has 1 aromatic heterocycles. The lowest BCUT2D eigenvalue weighted by Gasteiger charge is -1.97. The summed E-state index contributed by atoms with van der Waals surface area (Å²) in [6.07, 6.45) is 4.95. The summed E-state index contributed by atoms with van der Waals surface area (Å²) in [6, 6.07) is 9.21. The topological polar surface area (TPSA) is 56.0 Å². The zero-order valence-electron chi connectivity index (χ0n) is 12.2. The summed E-state index contributed by atoms with van der Waals surface area (Å²) in [5.41, 5.74) is 6.56. The number of hydrogen-bond donors (Lipinski definition) is 1. The van der Waals surface area contributed by atoms with E-state index < -0.39 is 0 Å². The van der Waals surface area contributed by atoms with Gasteiger partial charge in [0.05, 0.1) is 0 Å². The monoisotopic (exact) mass is 320 g/mol. The van der Waals surface area contributed by atoms with Crippen LogP contribution in [0.25, 0.3) is 0 Å². The molecule has 2 N–H and O–H groups in total. The second-order valence-electron chi connectivity index (χ2n) is 4.80. The lowest BCUT2D eigenvalue weighted by molar-refractivity contribution is 0.104. The molecule has 0 aliphatic heterocycles. The van der Waals surface area contributed by atoms with E-state index >= 15 is 0 Å². The van der Waals surface area contributed by atoms with Crippen molar-refractivity contribution in [2.24, 2.45) is 0 Å². The van der Waals surface area contributed by atoms with Gasteiger partial charge in [-0.2, -0.15) is 0 Å². The summed E-state index contributed by atoms with van der Waals surface area (Å²) in [4.78, 5) is 17.2. The number of carbonyl (C=O) groups is 1. The molecule has 0 aliphatic rings. The van der Waals surface area contributed by atoms with Gasteiger partial charge in [-0.3, -0.25) is 4.79 Å². The molecule has 1 aromatic carbocycles. The number of thioether (sulfide) groups is 1. The Hall–Kier alpha value is -1.33. The van der Waals surface area contributed by atoms with Gasteiger partial charge in [0, 0.05) is 11.3 Å². The first-order valence-corrected chi connectivity index (χ1v) is 9.01. The number of anilines is 1. The van der Waals surface area contributed by atoms with Gasteiger partial charge in [0.25, 0.3) is 0 Å². The summed E-state index contributed by atoms with van der Waals surface area (Å²) >= 11 is 3.10. The Kier molecular flexibility index (Phi) is 6.26. The molecule has 3 nitrogen and oxygen atoms in total. The van der Waals surface area contributed by atoms with Gasteiger partial charge in [0.15, 0.2) is 4.34 Å². The number of thiazole rings is 1. The summed E-state index contributed by atoms with van der Waals surface area (Å²) in [7, 11) is 0. The quantitative estimate of drug-likeness (QED) is 0.438. The number of nitrogens with zero attached hydrogens (tertiary/aromatic N) is 1. The second kappa shape index (κ2) is 8.20. The Morgan fingerprint density at radius 1 is 1.24 bits per heavy atom. The summed E-state index contributed by atoms with van der Waals surface area (Å²) in [6.45, 7) is 2.20. The van der Waals surface area contributed by atoms with E-state index in [2.05, 4.69) is 11.9 Å². The van der Waals surface area contributed by atoms with Crippen molar-refractivity contribution >= 4 is 34.7 Å². The van der Waals surface area contributed by atoms with Gasteiger partial charge in [-0.05, 0) is 6.42 Å². The average molecular weight is 320 g/mol. The van der Waals surface area contributed by atoms with Crippen LogP contribution in [0.2, 0.25) is 0 Å². The minimum absolute atomic E-state index is 0.0385. The maximum Gasteiger partial charge on any atom is 0.206 e. The predicted molar refractivity (Wildman–Crippen MR) is 91.3 cm³/mol. The van der Waals surface area contributed by atoms with Crippen molar-refractivity contribution in [3.63, 3.8) is 0 Å². The van der Waals surface area contributed by atoms with Crippen molar-refractivity contribution in [3.05, 3.63) is 40.8 Å². The highest BCUT2D eigenvalue weighted by atomic mass is 32.2. The molecule has 0 aliphatic carbocycles. The standard InChI is InChI=1S/C16H20N2OS2/c1-2-3-4-8-11-20-16-18-15(17)14(21-16)13(19)12-9-6-5-7-10-12/h5-7,9-10H,2-4,8,11,17H2,1H3. The van der Waals surface area contributed by atoms with Crippen molar-refractivity contribution in [3.8, 4) is 0 Å². The number of aromatic nitrogens is 1. The maximum atomic E-state index is 12.4. The normalized spacial score (nSPS) is 10.7. The van der Waals surface area contributed by atoms with Crippen molar-refractivity contribution < 1.29 is 4.79 Å². The molecule has 21 heavy (non-hydrogen) atoms. The molecule has 0 fully saturated rings. The van der Waals surface area contributed by atoms with Crippen LogP contribution in [0, 0.1) is 0 Å². The fourth-order valence-electron chi connectivity index (χ4n) is 1.94. The molecule has 0 saturated heterocycles. The number of unbranched alkanes of at least 4 members (excludes halogenated alkanes) is 3. The molecular formula is C16H20N2OS2. The molecule has 112 valence electrons. The van der Waals surface area contributed by atoms with Gasteiger partial charge in [0.1, 0.15) is 10.7 Å². The summed E-state index contributed by atoms with van der Waals surface area (Å²) in [5, 5.41) is 0. The largest absolute Gasteiger partial charge is 0.382 e. The minimum Gasteiger partial charge on any atom is -0.382 e. The lowest BCUT2D eigenvalue weighted by Crippen LogP contribution is -2.02. The van der Waals surface area contributed by atoms with Gasteiger partial charge in [-0.25, -0.2) is 4.98 Å². The number of nitrogens with two attached hydrogens (primary N) is 1. The van der Waals surface area contributed by atoms with Crippen LogP contribution in [0.15, 0.2) is 34.7 Å². The van der Waals surface area contributed by atoms with Crippen molar-refractivity contribution in [2.75, 3.05) is 11.5 Å². The highest BCUT2D eigenvalue weighted by Crippen LogP contribution is 2.31. The van der Waals surface area contributed by atoms with E-state index in [1.807, 2.05) is 18.2 Å². The molecule has 0 amide bonds. The van der Waals surface area contributed by atoms with Crippen molar-refractivity contribution in [2.45, 2.75) is 36.9 Å². The predicted octanol–water partition coefficient (Wildman–Crippen LogP) is 4.63. The van der Waals surface area contributed by atoms with E-state index in [4.69, 9.17) is 5.73 Å². The van der Waals surface area contributed by atoms with E-state index in [0.29, 0.717) is 16.3 Å². The Morgan fingerprint density at radius 2 is 2.00 bits per heavy atom. The summed E-state index contributed by atoms with van der Waals surface area (Å²) in [5.74, 6) is 1.35. The zero-order valence-corrected chi connectivity index (χ0v) is 13.8. The molecule has 0 radical (unpaired) electrons. The molecule has 2 aromatic rings. The Labute approximate surface area is 134 Å². The first-order valence-electron chi connectivity index (χ1n) is 7.21. The van der Waals surface area contributed by atoms with Gasteiger partial charge < -0.3 is 5.73 Å². The Morgan fingerprint density at radius 3 is 2.71 bits per heavy atom. The molecule has 0 spiro atoms. The molecule has 1 heterocycles. The first-order chi connectivity index (χ1) is 10.2. The van der Waals surface area contributed by atoms with Crippen LogP contribution in [0.1, 0.15) is 47.8 Å². The number of nitrogen functional groups attached to an aromatic ring is 1. The van der Waals surface area contributed by atoms with Crippen molar-refractivity contribution in [1.29, 1.82) is 0 Å². The third kappa shape index (κ3) is 4.58. The van der Waals surface area contributed by atoms with Gasteiger partial charge in [0.2, 0.25) is 5.78 Å². The summed E-state index contributed by atoms with van der Waals surface area (Å²) < 4.78 is 0.892. The van der Waals surface area contributed by atoms with Crippen LogP contribution >= 0.6 is 23.1 Å². The van der Waals surface area contributed by atoms with E-state index in [-0.39, 0.29) is 5.78 Å². The molecule has 2 rings (SSSR count). The smallest absolute Gasteiger partial charge is 0.206 e. The number of ketones is 1. The van der Waals surface area contributed by atoms with Crippen LogP contribution in [-0.2, 0) is 0 Å². The fourth-order valence-corrected chi connectivity index (χ4v) is 4.05. The van der Waals surface area contributed by atoms with Gasteiger partial charge in [-0.1, -0.05) is 68.3 Å². The average Bonchev–Trinajstić information content (AvgIpc) is 2.88. The molecular weight excluding hydrogens is 300 g/mol. The highest BCUT2D eigenvalue weighted by molar-refractivity contribution is 8.01. The third-order valence-corrected chi connectivity index (χ3v) is 5.40. The van der Waals surface area contributed by atoms with E-state index in [0.717, 1.165) is 10.1 Å². The van der Waals surface area contributed by atoms with Crippen molar-refractivity contribution in [1.82, 2.24) is 4.98 Å². The zero-order chi connectivity index (χ0) is 15.1. The lowest BCUT2D eigenvalue weighted by atomic mass is 10.1. The number of benzene rings is 1. The third-order valence-electron chi connectivity index (χ3n) is 3.10. The molecule has 0 saturated carbocycles. The molecule has 0 unspecified atom stereocenters. The van der Waals surface area contributed by atoms with Crippen LogP contribution < -0.4 is 5.73 Å².